The highest BCUT2D eigenvalue weighted by atomic mass is 16.1. The highest BCUT2D eigenvalue weighted by Crippen LogP contribution is 1.69. The quantitative estimate of drug-likeness (QED) is 0.367. The number of rotatable bonds is 0. The molecule has 0 unspecified atom stereocenters. The van der Waals surface area contributed by atoms with Gasteiger partial charge in [-0.2, -0.15) is 4.99 Å². The predicted molar refractivity (Wildman–Crippen MR) is 22.3 cm³/mol. The van der Waals surface area contributed by atoms with E-state index in [2.05, 4.69) is 14.9 Å². The summed E-state index contributed by atoms with van der Waals surface area (Å²) in [5.74, 6) is -0.352. The Balaban J connectivity index is 2.98. The second-order valence-electron chi connectivity index (χ2n) is 0.943. The fourth-order valence-corrected chi connectivity index (χ4v) is 0.229. The Kier molecular flexibility index (Phi) is 0.805. The van der Waals surface area contributed by atoms with Crippen LogP contribution in [-0.2, 0) is 4.79 Å². The van der Waals surface area contributed by atoms with Crippen LogP contribution >= 0.6 is 0 Å². The van der Waals surface area contributed by atoms with E-state index in [1.165, 1.54) is 0 Å². The van der Waals surface area contributed by atoms with Gasteiger partial charge >= 0.3 is 12.1 Å². The zero-order chi connectivity index (χ0) is 5.11. The normalized spacial score (nSPS) is 15.7. The molecule has 0 aliphatic carbocycles. The summed E-state index contributed by atoms with van der Waals surface area (Å²) in [5, 5.41) is 3.28. The van der Waals surface area contributed by atoms with Crippen LogP contribution in [0, 0.1) is 0 Å². The van der Waals surface area contributed by atoms with Crippen molar-refractivity contribution in [2.75, 3.05) is 0 Å². The molecule has 1 amide bonds. The maximum absolute atomic E-state index is 10.1. The molecule has 0 radical (unpaired) electrons. The van der Waals surface area contributed by atoms with Crippen LogP contribution in [0.15, 0.2) is 10.1 Å². The number of hydrogen-bond donors (Lipinski definition) is 0. The molecule has 0 aromatic rings. The zero-order valence-corrected chi connectivity index (χ0v) is 3.40. The smallest absolute Gasteiger partial charge is 0.259 e. The summed E-state index contributed by atoms with van der Waals surface area (Å²) in [7, 11) is 0. The molecule has 1 aliphatic rings. The Morgan fingerprint density at radius 1 is 1.71 bits per heavy atom. The molecular weight excluding hydrogens is 94.1 g/mol. The van der Waals surface area contributed by atoms with Gasteiger partial charge < -0.3 is 0 Å². The van der Waals surface area contributed by atoms with Crippen LogP contribution in [0.25, 0.3) is 0 Å². The molecule has 4 nitrogen and oxygen atoms in total. The summed E-state index contributed by atoms with van der Waals surface area (Å²) in [6.07, 6.45) is 2.17. The van der Waals surface area contributed by atoms with E-state index >= 15 is 0 Å². The first-order valence-corrected chi connectivity index (χ1v) is 1.69. The fraction of sp³-hybridized carbons (Fsp3) is 0. The van der Waals surface area contributed by atoms with E-state index < -0.39 is 0 Å². The summed E-state index contributed by atoms with van der Waals surface area (Å²) >= 11 is 0. The summed E-state index contributed by atoms with van der Waals surface area (Å²) in [5.41, 5.74) is 0. The molecule has 4 heteroatoms. The van der Waals surface area contributed by atoms with Gasteiger partial charge in [0.25, 0.3) is 0 Å². The minimum absolute atomic E-state index is 0.352. The van der Waals surface area contributed by atoms with E-state index in [1.807, 2.05) is 0 Å². The molecule has 7 heavy (non-hydrogen) atoms. The summed E-state index contributed by atoms with van der Waals surface area (Å²) < 4.78 is 0. The molecule has 0 saturated carbocycles. The zero-order valence-electron chi connectivity index (χ0n) is 3.40. The SMILES string of the molecule is O=C1C=[N+]=NC=N1. The Morgan fingerprint density at radius 2 is 2.57 bits per heavy atom. The maximum atomic E-state index is 10.1. The molecule has 1 aliphatic heterocycles. The lowest BCUT2D eigenvalue weighted by Gasteiger charge is -1.66. The van der Waals surface area contributed by atoms with Gasteiger partial charge in [-0.25, -0.2) is 0 Å². The number of nitrogens with zero attached hydrogens (tertiary/aromatic N) is 3. The lowest BCUT2D eigenvalue weighted by Crippen LogP contribution is -1.98. The highest BCUT2D eigenvalue weighted by Gasteiger charge is 2.01. The van der Waals surface area contributed by atoms with Crippen LogP contribution in [-0.4, -0.2) is 23.3 Å². The maximum Gasteiger partial charge on any atom is 0.397 e. The first-order chi connectivity index (χ1) is 3.39. The third-order valence-electron chi connectivity index (χ3n) is 0.471. The molecule has 0 aromatic carbocycles. The van der Waals surface area contributed by atoms with E-state index in [-0.39, 0.29) is 5.91 Å². The highest BCUT2D eigenvalue weighted by molar-refractivity contribution is 6.26. The molecule has 0 fully saturated rings. The standard InChI is InChI=1S/C3H2N3O/c7-3-1-5-6-2-4-3/h1-2H/q+1. The molecule has 0 bridgehead atoms. The van der Waals surface area contributed by atoms with Crippen LogP contribution in [0.1, 0.15) is 0 Å². The van der Waals surface area contributed by atoms with E-state index in [0.29, 0.717) is 0 Å². The molecular formula is C3H2N3O+. The fourth-order valence-electron chi connectivity index (χ4n) is 0.229. The van der Waals surface area contributed by atoms with Gasteiger partial charge in [0.05, 0.1) is 4.79 Å². The lowest BCUT2D eigenvalue weighted by atomic mass is 10.7. The molecule has 1 heterocycles. The Hall–Kier alpha value is -1.28. The van der Waals surface area contributed by atoms with E-state index in [0.717, 1.165) is 12.6 Å². The number of aliphatic imine (C=N–C) groups is 1. The molecule has 0 saturated heterocycles. The third-order valence-corrected chi connectivity index (χ3v) is 0.471. The van der Waals surface area contributed by atoms with Crippen LogP contribution in [0.3, 0.4) is 0 Å². The molecule has 34 valence electrons. The van der Waals surface area contributed by atoms with Gasteiger partial charge in [0.1, 0.15) is 5.11 Å². The van der Waals surface area contributed by atoms with Crippen molar-refractivity contribution in [2.45, 2.75) is 0 Å². The molecule has 0 spiro atoms. The summed E-state index contributed by atoms with van der Waals surface area (Å²) in [4.78, 5) is 16.6. The van der Waals surface area contributed by atoms with E-state index in [9.17, 15) is 4.79 Å². The summed E-state index contributed by atoms with van der Waals surface area (Å²) in [6, 6.07) is 0. The van der Waals surface area contributed by atoms with Crippen LogP contribution in [0.5, 0.6) is 0 Å². The van der Waals surface area contributed by atoms with Gasteiger partial charge in [0.15, 0.2) is 0 Å². The van der Waals surface area contributed by atoms with Crippen molar-refractivity contribution in [3.8, 4) is 0 Å². The van der Waals surface area contributed by atoms with Crippen molar-refractivity contribution in [3.63, 3.8) is 0 Å². The monoisotopic (exact) mass is 96.0 g/mol. The first-order valence-electron chi connectivity index (χ1n) is 1.69. The van der Waals surface area contributed by atoms with Gasteiger partial charge in [0, 0.05) is 0 Å². The number of carbonyl (C=O) groups is 1. The topological polar surface area (TPSA) is 55.9 Å². The van der Waals surface area contributed by atoms with Crippen molar-refractivity contribution < 1.29 is 9.58 Å². The molecule has 0 aromatic heterocycles. The number of hydrogen-bond acceptors (Lipinski definition) is 2. The lowest BCUT2D eigenvalue weighted by molar-refractivity contribution is -0.120. The Labute approximate surface area is 39.3 Å². The average Bonchev–Trinajstić information content (AvgIpc) is 1.69. The van der Waals surface area contributed by atoms with Gasteiger partial charge in [-0.1, -0.05) is 0 Å². The van der Waals surface area contributed by atoms with Crippen LogP contribution < -0.4 is 0 Å². The first kappa shape index (κ1) is 3.89. The van der Waals surface area contributed by atoms with Gasteiger partial charge in [-0.05, 0) is 0 Å². The van der Waals surface area contributed by atoms with Crippen molar-refractivity contribution in [3.05, 3.63) is 0 Å². The Bertz CT molecular complexity index is 175. The molecule has 1 rings (SSSR count). The van der Waals surface area contributed by atoms with Crippen molar-refractivity contribution in [1.29, 1.82) is 0 Å². The third kappa shape index (κ3) is 0.773. The second kappa shape index (κ2) is 1.45. The van der Waals surface area contributed by atoms with E-state index in [4.69, 9.17) is 0 Å². The van der Waals surface area contributed by atoms with E-state index in [1.54, 1.807) is 0 Å². The minimum atomic E-state index is -0.352. The van der Waals surface area contributed by atoms with Gasteiger partial charge in [-0.3, -0.25) is 4.79 Å². The van der Waals surface area contributed by atoms with Gasteiger partial charge in [0.2, 0.25) is 6.34 Å². The van der Waals surface area contributed by atoms with Gasteiger partial charge in [-0.15, -0.1) is 0 Å². The molecule has 0 atom stereocenters. The molecule has 0 N–H and O–H groups in total. The van der Waals surface area contributed by atoms with Crippen LogP contribution in [0.2, 0.25) is 0 Å². The second-order valence-corrected chi connectivity index (χ2v) is 0.943. The Morgan fingerprint density at radius 3 is 2.86 bits per heavy atom. The number of carbonyl (C=O) groups excluding carboxylic acids is 1. The average molecular weight is 96.1 g/mol. The van der Waals surface area contributed by atoms with Crippen molar-refractivity contribution >= 4 is 18.5 Å². The number of amides is 1. The summed E-state index contributed by atoms with van der Waals surface area (Å²) in [6.45, 7) is 0. The van der Waals surface area contributed by atoms with Crippen molar-refractivity contribution in [1.82, 2.24) is 0 Å². The minimum Gasteiger partial charge on any atom is -0.259 e. The predicted octanol–water partition coefficient (Wildman–Crippen LogP) is -0.714. The largest absolute Gasteiger partial charge is 0.397 e. The van der Waals surface area contributed by atoms with Crippen molar-refractivity contribution in [2.24, 2.45) is 10.1 Å². The van der Waals surface area contributed by atoms with Crippen LogP contribution in [0.4, 0.5) is 0 Å².